The number of likely N-dealkylation sites (N-methyl/N-ethyl adjacent to an activating group) is 1. The largest absolute Gasteiger partial charge is 0.370 e. The fraction of sp³-hybridized carbons (Fsp3) is 0.316. The summed E-state index contributed by atoms with van der Waals surface area (Å²) in [5.41, 5.74) is 4.14. The SMILES string of the molecule is CCN(CCNC(=O)c1ccc(C)cc1C)c1ccccc1. The van der Waals surface area contributed by atoms with Crippen molar-refractivity contribution < 1.29 is 4.79 Å². The van der Waals surface area contributed by atoms with E-state index in [0.29, 0.717) is 6.54 Å². The minimum atomic E-state index is 0.00150. The van der Waals surface area contributed by atoms with Crippen molar-refractivity contribution >= 4 is 11.6 Å². The number of amides is 1. The summed E-state index contributed by atoms with van der Waals surface area (Å²) in [5.74, 6) is 0.00150. The van der Waals surface area contributed by atoms with Crippen molar-refractivity contribution in [3.63, 3.8) is 0 Å². The summed E-state index contributed by atoms with van der Waals surface area (Å²) >= 11 is 0. The summed E-state index contributed by atoms with van der Waals surface area (Å²) < 4.78 is 0. The Hall–Kier alpha value is -2.29. The van der Waals surface area contributed by atoms with Gasteiger partial charge in [-0.05, 0) is 44.5 Å². The maximum absolute atomic E-state index is 12.3. The first kappa shape index (κ1) is 16.1. The lowest BCUT2D eigenvalue weighted by atomic mass is 10.1. The number of hydrogen-bond acceptors (Lipinski definition) is 2. The lowest BCUT2D eigenvalue weighted by Crippen LogP contribution is -2.35. The van der Waals surface area contributed by atoms with Gasteiger partial charge in [0.15, 0.2) is 0 Å². The van der Waals surface area contributed by atoms with Crippen LogP contribution in [0.1, 0.15) is 28.4 Å². The molecule has 0 radical (unpaired) electrons. The normalized spacial score (nSPS) is 10.3. The monoisotopic (exact) mass is 296 g/mol. The fourth-order valence-electron chi connectivity index (χ4n) is 2.58. The molecular formula is C19H24N2O. The summed E-state index contributed by atoms with van der Waals surface area (Å²) in [6, 6.07) is 16.2. The summed E-state index contributed by atoms with van der Waals surface area (Å²) in [4.78, 5) is 14.5. The van der Waals surface area contributed by atoms with Crippen LogP contribution < -0.4 is 10.2 Å². The third kappa shape index (κ3) is 4.10. The summed E-state index contributed by atoms with van der Waals surface area (Å²) in [6.45, 7) is 8.49. The third-order valence-electron chi connectivity index (χ3n) is 3.80. The van der Waals surface area contributed by atoms with Crippen LogP contribution in [0.2, 0.25) is 0 Å². The van der Waals surface area contributed by atoms with Gasteiger partial charge >= 0.3 is 0 Å². The van der Waals surface area contributed by atoms with Crippen LogP contribution in [0, 0.1) is 13.8 Å². The highest BCUT2D eigenvalue weighted by atomic mass is 16.1. The van der Waals surface area contributed by atoms with Crippen LogP contribution in [0.4, 0.5) is 5.69 Å². The molecule has 0 aliphatic rings. The van der Waals surface area contributed by atoms with Crippen molar-refractivity contribution in [2.45, 2.75) is 20.8 Å². The van der Waals surface area contributed by atoms with Crippen molar-refractivity contribution in [1.82, 2.24) is 5.32 Å². The molecule has 116 valence electrons. The summed E-state index contributed by atoms with van der Waals surface area (Å²) in [5, 5.41) is 3.01. The van der Waals surface area contributed by atoms with Crippen LogP contribution in [-0.2, 0) is 0 Å². The van der Waals surface area contributed by atoms with Gasteiger partial charge in [0, 0.05) is 30.9 Å². The number of hydrogen-bond donors (Lipinski definition) is 1. The molecule has 0 aliphatic carbocycles. The zero-order valence-electron chi connectivity index (χ0n) is 13.6. The van der Waals surface area contributed by atoms with Gasteiger partial charge in [0.1, 0.15) is 0 Å². The zero-order chi connectivity index (χ0) is 15.9. The molecule has 0 unspecified atom stereocenters. The van der Waals surface area contributed by atoms with Crippen LogP contribution in [0.15, 0.2) is 48.5 Å². The highest BCUT2D eigenvalue weighted by Crippen LogP contribution is 2.12. The summed E-state index contributed by atoms with van der Waals surface area (Å²) in [7, 11) is 0. The molecule has 0 atom stereocenters. The number of carbonyl (C=O) groups excluding carboxylic acids is 1. The molecule has 0 spiro atoms. The van der Waals surface area contributed by atoms with E-state index >= 15 is 0 Å². The smallest absolute Gasteiger partial charge is 0.251 e. The predicted octanol–water partition coefficient (Wildman–Crippen LogP) is 3.56. The molecule has 1 amide bonds. The second-order valence-electron chi connectivity index (χ2n) is 5.49. The molecule has 0 aromatic heterocycles. The van der Waals surface area contributed by atoms with Crippen molar-refractivity contribution in [3.8, 4) is 0 Å². The topological polar surface area (TPSA) is 32.3 Å². The molecule has 0 saturated heterocycles. The number of benzene rings is 2. The number of nitrogens with one attached hydrogen (secondary N) is 1. The van der Waals surface area contributed by atoms with Gasteiger partial charge in [-0.15, -0.1) is 0 Å². The average Bonchev–Trinajstić information content (AvgIpc) is 2.52. The second kappa shape index (κ2) is 7.64. The number of anilines is 1. The Kier molecular flexibility index (Phi) is 5.59. The van der Waals surface area contributed by atoms with Gasteiger partial charge in [-0.2, -0.15) is 0 Å². The standard InChI is InChI=1S/C19H24N2O/c1-4-21(17-8-6-5-7-9-17)13-12-20-19(22)18-11-10-15(2)14-16(18)3/h5-11,14H,4,12-13H2,1-3H3,(H,20,22). The lowest BCUT2D eigenvalue weighted by Gasteiger charge is -2.23. The van der Waals surface area contributed by atoms with Gasteiger partial charge in [-0.25, -0.2) is 0 Å². The third-order valence-corrected chi connectivity index (χ3v) is 3.80. The molecule has 22 heavy (non-hydrogen) atoms. The van der Waals surface area contributed by atoms with Crippen LogP contribution in [0.25, 0.3) is 0 Å². The molecule has 2 aromatic carbocycles. The van der Waals surface area contributed by atoms with Crippen LogP contribution in [-0.4, -0.2) is 25.5 Å². The van der Waals surface area contributed by atoms with E-state index in [1.807, 2.05) is 50.2 Å². The number of carbonyl (C=O) groups is 1. The van der Waals surface area contributed by atoms with E-state index in [1.165, 1.54) is 11.3 Å². The van der Waals surface area contributed by atoms with E-state index in [1.54, 1.807) is 0 Å². The first-order valence-electron chi connectivity index (χ1n) is 7.77. The molecular weight excluding hydrogens is 272 g/mol. The molecule has 0 bridgehead atoms. The number of nitrogens with zero attached hydrogens (tertiary/aromatic N) is 1. The van der Waals surface area contributed by atoms with E-state index in [-0.39, 0.29) is 5.91 Å². The molecule has 3 nitrogen and oxygen atoms in total. The quantitative estimate of drug-likeness (QED) is 0.884. The predicted molar refractivity (Wildman–Crippen MR) is 92.6 cm³/mol. The van der Waals surface area contributed by atoms with Crippen molar-refractivity contribution in [2.24, 2.45) is 0 Å². The number of aryl methyl sites for hydroxylation is 2. The van der Waals surface area contributed by atoms with Crippen LogP contribution in [0.3, 0.4) is 0 Å². The number of para-hydroxylation sites is 1. The van der Waals surface area contributed by atoms with Gasteiger partial charge in [0.05, 0.1) is 0 Å². The molecule has 0 aliphatic heterocycles. The number of rotatable bonds is 6. The van der Waals surface area contributed by atoms with Crippen LogP contribution in [0.5, 0.6) is 0 Å². The fourth-order valence-corrected chi connectivity index (χ4v) is 2.58. The van der Waals surface area contributed by atoms with E-state index < -0.39 is 0 Å². The van der Waals surface area contributed by atoms with Crippen molar-refractivity contribution in [2.75, 3.05) is 24.5 Å². The Morgan fingerprint density at radius 2 is 1.82 bits per heavy atom. The van der Waals surface area contributed by atoms with Crippen molar-refractivity contribution in [3.05, 3.63) is 65.2 Å². The Morgan fingerprint density at radius 1 is 1.09 bits per heavy atom. The van der Waals surface area contributed by atoms with E-state index in [4.69, 9.17) is 0 Å². The van der Waals surface area contributed by atoms with E-state index in [2.05, 4.69) is 29.3 Å². The minimum absolute atomic E-state index is 0.00150. The van der Waals surface area contributed by atoms with Gasteiger partial charge < -0.3 is 10.2 Å². The van der Waals surface area contributed by atoms with Gasteiger partial charge in [0.25, 0.3) is 5.91 Å². The molecule has 0 saturated carbocycles. The first-order valence-corrected chi connectivity index (χ1v) is 7.77. The first-order chi connectivity index (χ1) is 10.6. The minimum Gasteiger partial charge on any atom is -0.370 e. The summed E-state index contributed by atoms with van der Waals surface area (Å²) in [6.07, 6.45) is 0. The average molecular weight is 296 g/mol. The Bertz CT molecular complexity index is 623. The second-order valence-corrected chi connectivity index (χ2v) is 5.49. The molecule has 0 fully saturated rings. The van der Waals surface area contributed by atoms with Crippen LogP contribution >= 0.6 is 0 Å². The molecule has 1 N–H and O–H groups in total. The molecule has 0 heterocycles. The van der Waals surface area contributed by atoms with Gasteiger partial charge in [-0.1, -0.05) is 35.9 Å². The van der Waals surface area contributed by atoms with Crippen molar-refractivity contribution in [1.29, 1.82) is 0 Å². The highest BCUT2D eigenvalue weighted by molar-refractivity contribution is 5.95. The highest BCUT2D eigenvalue weighted by Gasteiger charge is 2.09. The molecule has 2 rings (SSSR count). The maximum atomic E-state index is 12.3. The van der Waals surface area contributed by atoms with E-state index in [0.717, 1.165) is 24.2 Å². The molecule has 3 heteroatoms. The maximum Gasteiger partial charge on any atom is 0.251 e. The lowest BCUT2D eigenvalue weighted by molar-refractivity contribution is 0.0954. The Labute approximate surface area is 133 Å². The van der Waals surface area contributed by atoms with Gasteiger partial charge in [0.2, 0.25) is 0 Å². The van der Waals surface area contributed by atoms with E-state index in [9.17, 15) is 4.79 Å². The van der Waals surface area contributed by atoms with Gasteiger partial charge in [-0.3, -0.25) is 4.79 Å². The molecule has 2 aromatic rings. The Morgan fingerprint density at radius 3 is 2.45 bits per heavy atom. The zero-order valence-corrected chi connectivity index (χ0v) is 13.6. The Balaban J connectivity index is 1.91.